The van der Waals surface area contributed by atoms with Gasteiger partial charge in [0.15, 0.2) is 0 Å². The molecule has 0 atom stereocenters. The SMILES string of the molecule is CCCCC1CCC(c2nc3c(C)ccnc3o2)CC1. The first-order valence-corrected chi connectivity index (χ1v) is 8.00. The summed E-state index contributed by atoms with van der Waals surface area (Å²) in [6.45, 7) is 4.34. The van der Waals surface area contributed by atoms with E-state index in [1.165, 1.54) is 44.9 Å². The summed E-state index contributed by atoms with van der Waals surface area (Å²) in [4.78, 5) is 8.98. The van der Waals surface area contributed by atoms with Crippen LogP contribution in [0.15, 0.2) is 16.7 Å². The topological polar surface area (TPSA) is 38.9 Å². The maximum Gasteiger partial charge on any atom is 0.247 e. The zero-order chi connectivity index (χ0) is 13.9. The molecule has 2 aromatic rings. The van der Waals surface area contributed by atoms with E-state index in [0.29, 0.717) is 11.6 Å². The van der Waals surface area contributed by atoms with Crippen LogP contribution >= 0.6 is 0 Å². The molecule has 0 N–H and O–H groups in total. The third-order valence-electron chi connectivity index (χ3n) is 4.68. The lowest BCUT2D eigenvalue weighted by atomic mass is 9.80. The van der Waals surface area contributed by atoms with Crippen molar-refractivity contribution in [2.45, 2.75) is 64.7 Å². The van der Waals surface area contributed by atoms with E-state index >= 15 is 0 Å². The summed E-state index contributed by atoms with van der Waals surface area (Å²) < 4.78 is 5.88. The summed E-state index contributed by atoms with van der Waals surface area (Å²) in [6.07, 6.45) is 11.0. The number of oxazole rings is 1. The fourth-order valence-corrected chi connectivity index (χ4v) is 3.33. The number of hydrogen-bond acceptors (Lipinski definition) is 3. The van der Waals surface area contributed by atoms with Crippen LogP contribution in [0.3, 0.4) is 0 Å². The number of hydrogen-bond donors (Lipinski definition) is 0. The van der Waals surface area contributed by atoms with E-state index in [1.54, 1.807) is 6.20 Å². The molecule has 0 aromatic carbocycles. The van der Waals surface area contributed by atoms with Crippen molar-refractivity contribution in [1.82, 2.24) is 9.97 Å². The first kappa shape index (κ1) is 13.6. The molecule has 2 heterocycles. The lowest BCUT2D eigenvalue weighted by molar-refractivity contribution is 0.280. The lowest BCUT2D eigenvalue weighted by Gasteiger charge is -2.26. The van der Waals surface area contributed by atoms with E-state index in [9.17, 15) is 0 Å². The molecule has 20 heavy (non-hydrogen) atoms. The minimum Gasteiger partial charge on any atom is -0.422 e. The number of aromatic nitrogens is 2. The van der Waals surface area contributed by atoms with E-state index < -0.39 is 0 Å². The zero-order valence-corrected chi connectivity index (χ0v) is 12.6. The summed E-state index contributed by atoms with van der Waals surface area (Å²) in [5.41, 5.74) is 2.80. The number of unbranched alkanes of at least 4 members (excludes halogenated alkanes) is 1. The molecule has 0 amide bonds. The van der Waals surface area contributed by atoms with Gasteiger partial charge in [0.05, 0.1) is 0 Å². The van der Waals surface area contributed by atoms with Crippen LogP contribution in [0, 0.1) is 12.8 Å². The molecule has 0 spiro atoms. The highest BCUT2D eigenvalue weighted by Gasteiger charge is 2.26. The van der Waals surface area contributed by atoms with Crippen molar-refractivity contribution in [2.75, 3.05) is 0 Å². The van der Waals surface area contributed by atoms with E-state index in [1.807, 2.05) is 6.07 Å². The Morgan fingerprint density at radius 1 is 1.25 bits per heavy atom. The summed E-state index contributed by atoms with van der Waals surface area (Å²) in [5.74, 6) is 2.34. The second kappa shape index (κ2) is 5.94. The summed E-state index contributed by atoms with van der Waals surface area (Å²) >= 11 is 0. The van der Waals surface area contributed by atoms with Crippen molar-refractivity contribution < 1.29 is 4.42 Å². The first-order valence-electron chi connectivity index (χ1n) is 8.00. The molecule has 3 nitrogen and oxygen atoms in total. The fourth-order valence-electron chi connectivity index (χ4n) is 3.33. The van der Waals surface area contributed by atoms with Gasteiger partial charge in [-0.3, -0.25) is 0 Å². The fraction of sp³-hybridized carbons (Fsp3) is 0.647. The lowest BCUT2D eigenvalue weighted by Crippen LogP contribution is -2.13. The largest absolute Gasteiger partial charge is 0.422 e. The van der Waals surface area contributed by atoms with Crippen LogP contribution in [-0.4, -0.2) is 9.97 Å². The number of rotatable bonds is 4. The smallest absolute Gasteiger partial charge is 0.247 e. The van der Waals surface area contributed by atoms with Gasteiger partial charge in [-0.05, 0) is 50.2 Å². The van der Waals surface area contributed by atoms with Gasteiger partial charge >= 0.3 is 0 Å². The molecule has 0 bridgehead atoms. The number of aryl methyl sites for hydroxylation is 1. The molecule has 108 valence electrons. The summed E-state index contributed by atoms with van der Waals surface area (Å²) in [6, 6.07) is 2.00. The van der Waals surface area contributed by atoms with E-state index in [0.717, 1.165) is 22.9 Å². The first-order chi connectivity index (χ1) is 9.78. The molecule has 2 aromatic heterocycles. The van der Waals surface area contributed by atoms with Gasteiger partial charge in [-0.25, -0.2) is 9.97 Å². The Hall–Kier alpha value is -1.38. The molecule has 3 rings (SSSR count). The monoisotopic (exact) mass is 272 g/mol. The van der Waals surface area contributed by atoms with Gasteiger partial charge in [0.1, 0.15) is 5.52 Å². The van der Waals surface area contributed by atoms with Gasteiger partial charge in [-0.2, -0.15) is 0 Å². The Morgan fingerprint density at radius 3 is 2.75 bits per heavy atom. The van der Waals surface area contributed by atoms with Gasteiger partial charge in [0.2, 0.25) is 11.6 Å². The van der Waals surface area contributed by atoms with Crippen molar-refractivity contribution in [1.29, 1.82) is 0 Å². The van der Waals surface area contributed by atoms with Gasteiger partial charge in [0.25, 0.3) is 0 Å². The van der Waals surface area contributed by atoms with Crippen molar-refractivity contribution in [3.8, 4) is 0 Å². The summed E-state index contributed by atoms with van der Waals surface area (Å²) in [7, 11) is 0. The quantitative estimate of drug-likeness (QED) is 0.786. The van der Waals surface area contributed by atoms with Gasteiger partial charge < -0.3 is 4.42 Å². The molecule has 0 unspecified atom stereocenters. The predicted octanol–water partition coefficient (Wildman–Crippen LogP) is 5.00. The van der Waals surface area contributed by atoms with Crippen molar-refractivity contribution >= 4 is 11.2 Å². The normalized spacial score (nSPS) is 23.3. The molecular weight excluding hydrogens is 248 g/mol. The minimum absolute atomic E-state index is 0.501. The highest BCUT2D eigenvalue weighted by Crippen LogP contribution is 2.38. The highest BCUT2D eigenvalue weighted by atomic mass is 16.4. The van der Waals surface area contributed by atoms with Crippen molar-refractivity contribution in [3.05, 3.63) is 23.7 Å². The van der Waals surface area contributed by atoms with Crippen LogP contribution in [-0.2, 0) is 0 Å². The second-order valence-corrected chi connectivity index (χ2v) is 6.19. The molecule has 1 fully saturated rings. The van der Waals surface area contributed by atoms with Crippen molar-refractivity contribution in [2.24, 2.45) is 5.92 Å². The molecule has 3 heteroatoms. The van der Waals surface area contributed by atoms with E-state index in [-0.39, 0.29) is 0 Å². The van der Waals surface area contributed by atoms with Gasteiger partial charge in [-0.1, -0.05) is 26.2 Å². The molecule has 0 aliphatic heterocycles. The minimum atomic E-state index is 0.501. The Balaban J connectivity index is 1.69. The van der Waals surface area contributed by atoms with E-state index in [4.69, 9.17) is 9.40 Å². The maximum absolute atomic E-state index is 5.88. The van der Waals surface area contributed by atoms with Crippen LogP contribution in [0.2, 0.25) is 0 Å². The zero-order valence-electron chi connectivity index (χ0n) is 12.6. The van der Waals surface area contributed by atoms with Crippen LogP contribution in [0.4, 0.5) is 0 Å². The summed E-state index contributed by atoms with van der Waals surface area (Å²) in [5, 5.41) is 0. The Labute approximate surface area is 120 Å². The third-order valence-corrected chi connectivity index (χ3v) is 4.68. The molecule has 0 radical (unpaired) electrons. The highest BCUT2D eigenvalue weighted by molar-refractivity contribution is 5.71. The van der Waals surface area contributed by atoms with Gasteiger partial charge in [0, 0.05) is 12.1 Å². The molecule has 1 saturated carbocycles. The van der Waals surface area contributed by atoms with Crippen LogP contribution in [0.5, 0.6) is 0 Å². The number of nitrogens with zero attached hydrogens (tertiary/aromatic N) is 2. The maximum atomic E-state index is 5.88. The average Bonchev–Trinajstić information content (AvgIpc) is 2.91. The van der Waals surface area contributed by atoms with Crippen molar-refractivity contribution in [3.63, 3.8) is 0 Å². The number of pyridine rings is 1. The van der Waals surface area contributed by atoms with Crippen LogP contribution in [0.25, 0.3) is 11.2 Å². The molecular formula is C17H24N2O. The second-order valence-electron chi connectivity index (χ2n) is 6.19. The Bertz CT molecular complexity index is 567. The molecule has 1 aliphatic rings. The van der Waals surface area contributed by atoms with Gasteiger partial charge in [-0.15, -0.1) is 0 Å². The van der Waals surface area contributed by atoms with E-state index in [2.05, 4.69) is 18.8 Å². The average molecular weight is 272 g/mol. The Kier molecular flexibility index (Phi) is 4.04. The predicted molar refractivity (Wildman–Crippen MR) is 80.8 cm³/mol. The third kappa shape index (κ3) is 2.72. The standard InChI is InChI=1S/C17H24N2O/c1-3-4-5-13-6-8-14(9-7-13)16-19-15-12(2)10-11-18-17(15)20-16/h10-11,13-14H,3-9H2,1-2H3. The molecule has 1 aliphatic carbocycles. The molecule has 0 saturated heterocycles. The Morgan fingerprint density at radius 2 is 2.05 bits per heavy atom. The van der Waals surface area contributed by atoms with Crippen LogP contribution < -0.4 is 0 Å². The number of fused-ring (bicyclic) bond motifs is 1. The van der Waals surface area contributed by atoms with Crippen LogP contribution in [0.1, 0.15) is 69.2 Å².